The first kappa shape index (κ1) is 24.9. The van der Waals surface area contributed by atoms with E-state index in [0.717, 1.165) is 16.8 Å². The molecule has 0 saturated carbocycles. The van der Waals surface area contributed by atoms with Crippen molar-refractivity contribution in [2.24, 2.45) is 0 Å². The van der Waals surface area contributed by atoms with Gasteiger partial charge in [-0.25, -0.2) is 4.79 Å². The molecule has 1 aromatic heterocycles. The largest absolute Gasteiger partial charge is 0.462 e. The van der Waals surface area contributed by atoms with E-state index in [1.54, 1.807) is 20.8 Å². The molecule has 0 amide bonds. The van der Waals surface area contributed by atoms with Crippen LogP contribution < -0.4 is 16.6 Å². The van der Waals surface area contributed by atoms with Crippen LogP contribution in [0, 0.1) is 0 Å². The zero-order chi connectivity index (χ0) is 22.2. The van der Waals surface area contributed by atoms with Crippen LogP contribution >= 0.6 is 0 Å². The second kappa shape index (κ2) is 11.2. The van der Waals surface area contributed by atoms with Crippen molar-refractivity contribution < 1.29 is 34.3 Å². The third kappa shape index (κ3) is 7.68. The van der Waals surface area contributed by atoms with Crippen LogP contribution in [0.3, 0.4) is 0 Å². The Morgan fingerprint density at radius 1 is 1.31 bits per heavy atom. The predicted molar refractivity (Wildman–Crippen MR) is 99.8 cm³/mol. The molecule has 5 N–H and O–H groups in total. The van der Waals surface area contributed by atoms with Crippen LogP contribution in [0.4, 0.5) is 0 Å². The lowest BCUT2D eigenvalue weighted by molar-refractivity contribution is -0.311. The van der Waals surface area contributed by atoms with Crippen LogP contribution in [0.15, 0.2) is 21.9 Å². The Labute approximate surface area is 167 Å². The molecule has 0 aromatic carbocycles. The summed E-state index contributed by atoms with van der Waals surface area (Å²) in [4.78, 5) is 36.7. The van der Waals surface area contributed by atoms with Crippen LogP contribution in [0.5, 0.6) is 0 Å². The molecule has 4 atom stereocenters. The number of aliphatic hydroxyl groups is 3. The van der Waals surface area contributed by atoms with Gasteiger partial charge in [-0.05, 0) is 27.7 Å². The molecule has 1 aromatic rings. The molecule has 1 rings (SSSR count). The third-order valence-electron chi connectivity index (χ3n) is 3.82. The summed E-state index contributed by atoms with van der Waals surface area (Å²) in [5.74, 6) is -2.78. The molecule has 0 fully saturated rings. The number of carbonyl (C=O) groups is 1. The Bertz CT molecular complexity index is 761. The van der Waals surface area contributed by atoms with Crippen molar-refractivity contribution in [3.05, 3.63) is 33.1 Å². The summed E-state index contributed by atoms with van der Waals surface area (Å²) in [6, 6.07) is 0.357. The zero-order valence-electron chi connectivity index (χ0n) is 16.8. The van der Waals surface area contributed by atoms with Crippen molar-refractivity contribution in [2.75, 3.05) is 19.9 Å². The molecule has 1 heterocycles. The maximum Gasteiger partial charge on any atom is 0.330 e. The number of aliphatic hydroxyl groups excluding tert-OH is 2. The lowest BCUT2D eigenvalue weighted by Crippen LogP contribution is -2.51. The van der Waals surface area contributed by atoms with Crippen molar-refractivity contribution in [1.29, 1.82) is 0 Å². The van der Waals surface area contributed by atoms with Gasteiger partial charge in [0.25, 0.3) is 5.56 Å². The molecule has 0 aliphatic carbocycles. The molecular weight excluding hydrogens is 390 g/mol. The topological polar surface area (TPSA) is 172 Å². The first-order valence-corrected chi connectivity index (χ1v) is 9.02. The second-order valence-corrected chi connectivity index (χ2v) is 6.70. The van der Waals surface area contributed by atoms with E-state index in [9.17, 15) is 29.7 Å². The first-order chi connectivity index (χ1) is 13.5. The molecule has 0 spiro atoms. The van der Waals surface area contributed by atoms with Gasteiger partial charge in [-0.1, -0.05) is 0 Å². The minimum absolute atomic E-state index is 0.185. The molecule has 0 radical (unpaired) electrons. The minimum atomic E-state index is -2.30. The lowest BCUT2D eigenvalue weighted by atomic mass is 10.2. The SMILES string of the molecule is CC(C)OC(=O)C(C)NCOC[C@@](O)(O[C@H](CO)n1ccc(=O)[nH]c1=O)[C@H](C)O. The maximum atomic E-state index is 11.9. The van der Waals surface area contributed by atoms with Crippen LogP contribution in [0.2, 0.25) is 0 Å². The van der Waals surface area contributed by atoms with E-state index in [0.29, 0.717) is 0 Å². The fraction of sp³-hybridized carbons (Fsp3) is 0.706. The van der Waals surface area contributed by atoms with Crippen molar-refractivity contribution in [2.45, 2.75) is 58.0 Å². The molecule has 1 unspecified atom stereocenters. The van der Waals surface area contributed by atoms with Crippen molar-refractivity contribution >= 4 is 5.97 Å². The number of rotatable bonds is 12. The molecule has 0 bridgehead atoms. The molecule has 0 aliphatic heterocycles. The van der Waals surface area contributed by atoms with Gasteiger partial charge < -0.3 is 29.5 Å². The number of ether oxygens (including phenoxy) is 3. The fourth-order valence-electron chi connectivity index (χ4n) is 2.12. The number of hydrogen-bond donors (Lipinski definition) is 5. The van der Waals surface area contributed by atoms with Gasteiger partial charge in [-0.15, -0.1) is 0 Å². The highest BCUT2D eigenvalue weighted by molar-refractivity contribution is 5.75. The summed E-state index contributed by atoms with van der Waals surface area (Å²) in [6.45, 7) is 4.74. The fourth-order valence-corrected chi connectivity index (χ4v) is 2.12. The van der Waals surface area contributed by atoms with Gasteiger partial charge in [0.2, 0.25) is 5.79 Å². The predicted octanol–water partition coefficient (Wildman–Crippen LogP) is -1.98. The summed E-state index contributed by atoms with van der Waals surface area (Å²) in [5.41, 5.74) is -1.52. The molecule has 0 saturated heterocycles. The monoisotopic (exact) mass is 419 g/mol. The van der Waals surface area contributed by atoms with E-state index >= 15 is 0 Å². The number of hydrogen-bond acceptors (Lipinski definition) is 10. The van der Waals surface area contributed by atoms with Crippen LogP contribution in [-0.4, -0.2) is 74.8 Å². The smallest absolute Gasteiger partial charge is 0.330 e. The summed E-state index contributed by atoms with van der Waals surface area (Å²) in [5, 5.41) is 32.7. The Balaban J connectivity index is 2.72. The van der Waals surface area contributed by atoms with E-state index in [1.807, 2.05) is 4.98 Å². The molecule has 166 valence electrons. The Hall–Kier alpha value is -2.09. The molecule has 29 heavy (non-hydrogen) atoms. The number of aromatic nitrogens is 2. The number of nitrogens with zero attached hydrogens (tertiary/aromatic N) is 1. The average molecular weight is 419 g/mol. The maximum absolute atomic E-state index is 11.9. The van der Waals surface area contributed by atoms with Gasteiger partial charge in [-0.2, -0.15) is 0 Å². The highest BCUT2D eigenvalue weighted by Gasteiger charge is 2.38. The minimum Gasteiger partial charge on any atom is -0.462 e. The summed E-state index contributed by atoms with van der Waals surface area (Å²) >= 11 is 0. The second-order valence-electron chi connectivity index (χ2n) is 6.70. The molecule has 0 aliphatic rings. The van der Waals surface area contributed by atoms with Gasteiger partial charge in [0.15, 0.2) is 6.23 Å². The molecule has 12 heteroatoms. The lowest BCUT2D eigenvalue weighted by Gasteiger charge is -2.34. The normalized spacial score (nSPS) is 16.8. The standard InChI is InChI=1S/C17H29N3O9/c1-10(2)28-15(24)11(3)18-9-27-8-17(26,12(4)22)29-14(7-21)20-6-5-13(23)19-16(20)25/h5-6,10-12,14,18,21-22,26H,7-9H2,1-4H3,(H,19,23,25)/t11?,12-,14+,17+/m0/s1. The quantitative estimate of drug-likeness (QED) is 0.145. The van der Waals surface area contributed by atoms with Gasteiger partial charge >= 0.3 is 11.7 Å². The number of carbonyl (C=O) groups excluding carboxylic acids is 1. The third-order valence-corrected chi connectivity index (χ3v) is 3.82. The van der Waals surface area contributed by atoms with Crippen LogP contribution in [0.1, 0.15) is 33.9 Å². The average Bonchev–Trinajstić information content (AvgIpc) is 2.62. The number of H-pyrrole nitrogens is 1. The van der Waals surface area contributed by atoms with E-state index in [-0.39, 0.29) is 12.8 Å². The van der Waals surface area contributed by atoms with Gasteiger partial charge in [-0.3, -0.25) is 24.5 Å². The Morgan fingerprint density at radius 2 is 1.97 bits per heavy atom. The molecule has 12 nitrogen and oxygen atoms in total. The van der Waals surface area contributed by atoms with E-state index < -0.39 is 54.6 Å². The first-order valence-electron chi connectivity index (χ1n) is 9.02. The van der Waals surface area contributed by atoms with E-state index in [4.69, 9.17) is 14.2 Å². The zero-order valence-corrected chi connectivity index (χ0v) is 16.8. The van der Waals surface area contributed by atoms with Crippen molar-refractivity contribution in [3.63, 3.8) is 0 Å². The van der Waals surface area contributed by atoms with Gasteiger partial charge in [0.1, 0.15) is 18.8 Å². The van der Waals surface area contributed by atoms with Crippen molar-refractivity contribution in [3.8, 4) is 0 Å². The summed E-state index contributed by atoms with van der Waals surface area (Å²) in [7, 11) is 0. The van der Waals surface area contributed by atoms with E-state index in [2.05, 4.69) is 5.32 Å². The highest BCUT2D eigenvalue weighted by atomic mass is 16.7. The number of esters is 1. The van der Waals surface area contributed by atoms with Gasteiger partial charge in [0.05, 0.1) is 19.4 Å². The highest BCUT2D eigenvalue weighted by Crippen LogP contribution is 2.20. The Morgan fingerprint density at radius 3 is 2.48 bits per heavy atom. The number of nitrogens with one attached hydrogen (secondary N) is 2. The number of aromatic amines is 1. The van der Waals surface area contributed by atoms with Crippen LogP contribution in [-0.2, 0) is 19.0 Å². The van der Waals surface area contributed by atoms with Crippen LogP contribution in [0.25, 0.3) is 0 Å². The summed E-state index contributed by atoms with van der Waals surface area (Å²) < 4.78 is 16.4. The molecular formula is C17H29N3O9. The Kier molecular flexibility index (Phi) is 9.62. The van der Waals surface area contributed by atoms with Crippen molar-refractivity contribution in [1.82, 2.24) is 14.9 Å². The van der Waals surface area contributed by atoms with E-state index in [1.165, 1.54) is 6.92 Å². The summed E-state index contributed by atoms with van der Waals surface area (Å²) in [6.07, 6.45) is -2.07. The van der Waals surface area contributed by atoms with Gasteiger partial charge in [0, 0.05) is 12.3 Å².